The lowest BCUT2D eigenvalue weighted by Crippen LogP contribution is -2.50. The Bertz CT molecular complexity index is 218. The van der Waals surface area contributed by atoms with E-state index in [4.69, 9.17) is 10.5 Å². The lowest BCUT2D eigenvalue weighted by atomic mass is 9.86. The highest BCUT2D eigenvalue weighted by atomic mass is 16.5. The van der Waals surface area contributed by atoms with E-state index in [1.807, 2.05) is 0 Å². The van der Waals surface area contributed by atoms with Crippen LogP contribution >= 0.6 is 0 Å². The van der Waals surface area contributed by atoms with Gasteiger partial charge in [0.15, 0.2) is 0 Å². The number of ether oxygens (including phenoxy) is 1. The molecule has 0 aromatic carbocycles. The van der Waals surface area contributed by atoms with E-state index in [9.17, 15) is 0 Å². The first-order chi connectivity index (χ1) is 8.04. The number of methoxy groups -OCH3 is 1. The van der Waals surface area contributed by atoms with Crippen LogP contribution in [-0.4, -0.2) is 43.3 Å². The largest absolute Gasteiger partial charge is 0.379 e. The monoisotopic (exact) mass is 242 g/mol. The summed E-state index contributed by atoms with van der Waals surface area (Å²) in [6, 6.07) is 0.585. The van der Waals surface area contributed by atoms with Crippen LogP contribution in [0.25, 0.3) is 0 Å². The molecule has 0 aliphatic carbocycles. The topological polar surface area (TPSA) is 38.5 Å². The summed E-state index contributed by atoms with van der Waals surface area (Å²) in [5.74, 6) is 0.791. The van der Waals surface area contributed by atoms with Crippen molar-refractivity contribution in [3.05, 3.63) is 0 Å². The van der Waals surface area contributed by atoms with Crippen LogP contribution in [0.4, 0.5) is 0 Å². The van der Waals surface area contributed by atoms with Crippen molar-refractivity contribution < 1.29 is 4.74 Å². The first-order valence-corrected chi connectivity index (χ1v) is 7.03. The van der Waals surface area contributed by atoms with Crippen LogP contribution in [0.2, 0.25) is 0 Å². The molecule has 1 heterocycles. The summed E-state index contributed by atoms with van der Waals surface area (Å²) in [6.07, 6.45) is 5.01. The molecule has 102 valence electrons. The molecule has 17 heavy (non-hydrogen) atoms. The Morgan fingerprint density at radius 1 is 1.41 bits per heavy atom. The minimum atomic E-state index is -0.0156. The van der Waals surface area contributed by atoms with E-state index >= 15 is 0 Å². The minimum Gasteiger partial charge on any atom is -0.379 e. The van der Waals surface area contributed by atoms with Crippen molar-refractivity contribution in [3.8, 4) is 0 Å². The molecule has 0 saturated carbocycles. The molecule has 1 rings (SSSR count). The fourth-order valence-electron chi connectivity index (χ4n) is 2.82. The van der Waals surface area contributed by atoms with Gasteiger partial charge in [0.05, 0.1) is 5.60 Å². The zero-order chi connectivity index (χ0) is 12.9. The fraction of sp³-hybridized carbons (Fsp3) is 1.00. The second kappa shape index (κ2) is 6.72. The lowest BCUT2D eigenvalue weighted by Gasteiger charge is -2.41. The van der Waals surface area contributed by atoms with Crippen LogP contribution in [0.15, 0.2) is 0 Å². The number of piperidine rings is 1. The Morgan fingerprint density at radius 2 is 2.12 bits per heavy atom. The zero-order valence-electron chi connectivity index (χ0n) is 12.0. The molecule has 2 unspecified atom stereocenters. The highest BCUT2D eigenvalue weighted by molar-refractivity contribution is 4.85. The Morgan fingerprint density at radius 3 is 2.65 bits per heavy atom. The molecule has 3 heteroatoms. The smallest absolute Gasteiger partial charge is 0.0634 e. The second-order valence-corrected chi connectivity index (χ2v) is 5.86. The molecular formula is C14H30N2O. The maximum atomic E-state index is 5.96. The van der Waals surface area contributed by atoms with Crippen LogP contribution < -0.4 is 5.73 Å². The van der Waals surface area contributed by atoms with Gasteiger partial charge in [-0.2, -0.15) is 0 Å². The lowest BCUT2D eigenvalue weighted by molar-refractivity contribution is -0.00384. The van der Waals surface area contributed by atoms with E-state index in [0.29, 0.717) is 6.04 Å². The van der Waals surface area contributed by atoms with Gasteiger partial charge in [0, 0.05) is 26.2 Å². The van der Waals surface area contributed by atoms with Gasteiger partial charge in [-0.15, -0.1) is 0 Å². The standard InChI is InChI=1S/C14H30N2O/c1-5-12-7-6-9-16(13(12)11-15)10-8-14(2,3)17-4/h12-13H,5-11,15H2,1-4H3. The van der Waals surface area contributed by atoms with Crippen LogP contribution in [0.3, 0.4) is 0 Å². The number of nitrogens with zero attached hydrogens (tertiary/aromatic N) is 1. The van der Waals surface area contributed by atoms with Crippen LogP contribution in [0, 0.1) is 5.92 Å². The van der Waals surface area contributed by atoms with Gasteiger partial charge in [-0.05, 0) is 45.6 Å². The maximum Gasteiger partial charge on any atom is 0.0634 e. The van der Waals surface area contributed by atoms with Gasteiger partial charge >= 0.3 is 0 Å². The molecule has 3 nitrogen and oxygen atoms in total. The first-order valence-electron chi connectivity index (χ1n) is 7.03. The minimum absolute atomic E-state index is 0.0156. The molecule has 0 spiro atoms. The molecule has 0 aromatic rings. The Balaban J connectivity index is 2.50. The van der Waals surface area contributed by atoms with E-state index in [1.165, 1.54) is 25.8 Å². The van der Waals surface area contributed by atoms with Crippen molar-refractivity contribution in [1.82, 2.24) is 4.90 Å². The molecule has 1 aliphatic rings. The Kier molecular flexibility index (Phi) is 5.90. The van der Waals surface area contributed by atoms with E-state index < -0.39 is 0 Å². The van der Waals surface area contributed by atoms with Gasteiger partial charge in [-0.3, -0.25) is 4.90 Å². The number of hydrogen-bond acceptors (Lipinski definition) is 3. The SMILES string of the molecule is CCC1CCCN(CCC(C)(C)OC)C1CN. The Hall–Kier alpha value is -0.120. The number of rotatable bonds is 6. The molecule has 2 atom stereocenters. The summed E-state index contributed by atoms with van der Waals surface area (Å²) < 4.78 is 5.49. The average molecular weight is 242 g/mol. The van der Waals surface area contributed by atoms with Crippen LogP contribution in [0.1, 0.15) is 46.5 Å². The summed E-state index contributed by atoms with van der Waals surface area (Å²) in [5.41, 5.74) is 5.94. The van der Waals surface area contributed by atoms with Gasteiger partial charge in [-0.25, -0.2) is 0 Å². The van der Waals surface area contributed by atoms with E-state index in [1.54, 1.807) is 7.11 Å². The van der Waals surface area contributed by atoms with E-state index in [-0.39, 0.29) is 5.60 Å². The molecule has 0 bridgehead atoms. The van der Waals surface area contributed by atoms with Gasteiger partial charge in [-0.1, -0.05) is 13.3 Å². The van der Waals surface area contributed by atoms with E-state index in [2.05, 4.69) is 25.7 Å². The molecule has 2 N–H and O–H groups in total. The van der Waals surface area contributed by atoms with Crippen LogP contribution in [-0.2, 0) is 4.74 Å². The fourth-order valence-corrected chi connectivity index (χ4v) is 2.82. The quantitative estimate of drug-likeness (QED) is 0.776. The van der Waals surface area contributed by atoms with Gasteiger partial charge < -0.3 is 10.5 Å². The van der Waals surface area contributed by atoms with Crippen molar-refractivity contribution in [2.45, 2.75) is 58.1 Å². The van der Waals surface area contributed by atoms with Gasteiger partial charge in [0.1, 0.15) is 0 Å². The number of likely N-dealkylation sites (tertiary alicyclic amines) is 1. The third-order valence-corrected chi connectivity index (χ3v) is 4.35. The molecule has 1 fully saturated rings. The first kappa shape index (κ1) is 14.9. The van der Waals surface area contributed by atoms with Crippen LogP contribution in [0.5, 0.6) is 0 Å². The number of hydrogen-bond donors (Lipinski definition) is 1. The maximum absolute atomic E-state index is 5.96. The third-order valence-electron chi connectivity index (χ3n) is 4.35. The van der Waals surface area contributed by atoms with E-state index in [0.717, 1.165) is 25.4 Å². The highest BCUT2D eigenvalue weighted by Crippen LogP contribution is 2.27. The normalized spacial score (nSPS) is 27.4. The third kappa shape index (κ3) is 4.23. The zero-order valence-corrected chi connectivity index (χ0v) is 12.0. The molecule has 0 radical (unpaired) electrons. The second-order valence-electron chi connectivity index (χ2n) is 5.86. The van der Waals surface area contributed by atoms with Crippen molar-refractivity contribution in [3.63, 3.8) is 0 Å². The molecular weight excluding hydrogens is 212 g/mol. The van der Waals surface area contributed by atoms with Crippen molar-refractivity contribution in [1.29, 1.82) is 0 Å². The molecule has 0 amide bonds. The highest BCUT2D eigenvalue weighted by Gasteiger charge is 2.30. The summed E-state index contributed by atoms with van der Waals surface area (Å²) >= 11 is 0. The predicted molar refractivity (Wildman–Crippen MR) is 73.1 cm³/mol. The van der Waals surface area contributed by atoms with Crippen molar-refractivity contribution in [2.24, 2.45) is 11.7 Å². The van der Waals surface area contributed by atoms with Crippen molar-refractivity contribution in [2.75, 3.05) is 26.7 Å². The molecule has 1 saturated heterocycles. The summed E-state index contributed by atoms with van der Waals surface area (Å²) in [5, 5.41) is 0. The predicted octanol–water partition coefficient (Wildman–Crippen LogP) is 2.25. The average Bonchev–Trinajstić information content (AvgIpc) is 2.35. The summed E-state index contributed by atoms with van der Waals surface area (Å²) in [7, 11) is 1.80. The van der Waals surface area contributed by atoms with Crippen molar-refractivity contribution >= 4 is 0 Å². The summed E-state index contributed by atoms with van der Waals surface area (Å²) in [4.78, 5) is 2.58. The van der Waals surface area contributed by atoms with Gasteiger partial charge in [0.25, 0.3) is 0 Å². The molecule has 1 aliphatic heterocycles. The van der Waals surface area contributed by atoms with Gasteiger partial charge in [0.2, 0.25) is 0 Å². The number of nitrogens with two attached hydrogens (primary N) is 1. The Labute approximate surface area is 107 Å². The summed E-state index contributed by atoms with van der Waals surface area (Å²) in [6.45, 7) is 9.72. The molecule has 0 aromatic heterocycles.